The lowest BCUT2D eigenvalue weighted by Crippen LogP contribution is -2.15. The number of pyridine rings is 1. The number of benzene rings is 2. The maximum Gasteiger partial charge on any atom is 0.341 e. The molecule has 0 aliphatic carbocycles. The average Bonchev–Trinajstić information content (AvgIpc) is 3.34. The number of carbonyl (C=O) groups is 1. The summed E-state index contributed by atoms with van der Waals surface area (Å²) in [4.78, 5) is 30.1. The number of fused-ring (bicyclic) bond motifs is 2. The minimum Gasteiger partial charge on any atom is -0.465 e. The van der Waals surface area contributed by atoms with Crippen LogP contribution in [0.4, 0.5) is 0 Å². The lowest BCUT2D eigenvalue weighted by Gasteiger charge is -2.08. The smallest absolute Gasteiger partial charge is 0.341 e. The van der Waals surface area contributed by atoms with E-state index >= 15 is 0 Å². The van der Waals surface area contributed by atoms with Crippen LogP contribution in [0.2, 0.25) is 0 Å². The van der Waals surface area contributed by atoms with Gasteiger partial charge in [0.2, 0.25) is 0 Å². The molecule has 0 spiro atoms. The molecule has 5 rings (SSSR count). The summed E-state index contributed by atoms with van der Waals surface area (Å²) < 4.78 is 8.91. The number of carbonyl (C=O) groups excluding carboxylic acids is 1. The normalized spacial score (nSPS) is 11.2. The molecule has 0 radical (unpaired) electrons. The Bertz CT molecular complexity index is 1350. The maximum atomic E-state index is 13.1. The van der Waals surface area contributed by atoms with Crippen molar-refractivity contribution >= 4 is 27.5 Å². The first kappa shape index (κ1) is 17.3. The highest BCUT2D eigenvalue weighted by Crippen LogP contribution is 2.28. The van der Waals surface area contributed by atoms with Gasteiger partial charge >= 0.3 is 5.97 Å². The molecule has 8 heteroatoms. The van der Waals surface area contributed by atoms with Crippen molar-refractivity contribution in [3.63, 3.8) is 0 Å². The van der Waals surface area contributed by atoms with E-state index in [1.165, 1.54) is 23.1 Å². The lowest BCUT2D eigenvalue weighted by atomic mass is 10.1. The zero-order valence-electron chi connectivity index (χ0n) is 15.3. The first-order valence-electron chi connectivity index (χ1n) is 8.80. The highest BCUT2D eigenvalue weighted by Gasteiger charge is 2.25. The molecule has 0 saturated carbocycles. The predicted octanol–water partition coefficient (Wildman–Crippen LogP) is 3.52. The van der Waals surface area contributed by atoms with Crippen LogP contribution >= 0.6 is 11.3 Å². The van der Waals surface area contributed by atoms with Gasteiger partial charge in [-0.3, -0.25) is 9.36 Å². The van der Waals surface area contributed by atoms with Crippen LogP contribution in [0.25, 0.3) is 32.3 Å². The molecule has 7 nitrogen and oxygen atoms in total. The van der Waals surface area contributed by atoms with Crippen molar-refractivity contribution < 1.29 is 9.53 Å². The van der Waals surface area contributed by atoms with Gasteiger partial charge in [-0.05, 0) is 24.3 Å². The third kappa shape index (κ3) is 2.81. The first-order valence-corrected chi connectivity index (χ1v) is 9.62. The molecule has 0 amide bonds. The molecule has 2 aliphatic rings. The molecule has 0 fully saturated rings. The summed E-state index contributed by atoms with van der Waals surface area (Å²) in [5.41, 5.74) is 1.97. The van der Waals surface area contributed by atoms with Crippen LogP contribution in [0.15, 0.2) is 71.8 Å². The van der Waals surface area contributed by atoms with Crippen LogP contribution in [-0.2, 0) is 4.74 Å². The van der Waals surface area contributed by atoms with Crippen LogP contribution in [-0.4, -0.2) is 32.4 Å². The number of para-hydroxylation sites is 2. The molecule has 2 aliphatic heterocycles. The van der Waals surface area contributed by atoms with Gasteiger partial charge in [0.05, 0.1) is 28.6 Å². The van der Waals surface area contributed by atoms with Crippen molar-refractivity contribution in [2.75, 3.05) is 7.11 Å². The number of hydrogen-bond acceptors (Lipinski definition) is 6. The Morgan fingerprint density at radius 1 is 1.03 bits per heavy atom. The fourth-order valence-corrected chi connectivity index (χ4v) is 4.11. The minimum absolute atomic E-state index is 0.205. The van der Waals surface area contributed by atoms with E-state index in [0.717, 1.165) is 10.2 Å². The molecular weight excluding hydrogens is 388 g/mol. The lowest BCUT2D eigenvalue weighted by molar-refractivity contribution is 0.0600. The van der Waals surface area contributed by atoms with E-state index in [9.17, 15) is 9.59 Å². The van der Waals surface area contributed by atoms with E-state index in [2.05, 4.69) is 10.1 Å². The maximum absolute atomic E-state index is 13.1. The Hall–Kier alpha value is -3.78. The molecular formula is C21H14N4O3S. The average molecular weight is 402 g/mol. The van der Waals surface area contributed by atoms with Gasteiger partial charge in [-0.15, -0.1) is 0 Å². The third-order valence-corrected chi connectivity index (χ3v) is 5.63. The second-order valence-corrected chi connectivity index (χ2v) is 7.36. The van der Waals surface area contributed by atoms with E-state index in [1.54, 1.807) is 29.1 Å². The Labute approximate surface area is 168 Å². The molecule has 1 aromatic heterocycles. The highest BCUT2D eigenvalue weighted by molar-refractivity contribution is 7.20. The zero-order valence-corrected chi connectivity index (χ0v) is 16.1. The van der Waals surface area contributed by atoms with Crippen molar-refractivity contribution in [2.45, 2.75) is 0 Å². The summed E-state index contributed by atoms with van der Waals surface area (Å²) in [5, 5.41) is 5.05. The zero-order chi connectivity index (χ0) is 20.0. The Morgan fingerprint density at radius 2 is 1.79 bits per heavy atom. The molecule has 0 atom stereocenters. The standard InChI is InChI=1S/C21H14N4O3S/c1-28-20(27)15-12-24(21-22-16-9-5-6-10-17(16)29-21)11-14-18(15)23-25(19(14)26)13-7-3-2-4-8-13/h2-12H,1H3. The van der Waals surface area contributed by atoms with Gasteiger partial charge in [0.25, 0.3) is 5.56 Å². The van der Waals surface area contributed by atoms with Crippen LogP contribution in [0.1, 0.15) is 10.4 Å². The molecule has 0 bridgehead atoms. The van der Waals surface area contributed by atoms with E-state index < -0.39 is 5.97 Å². The molecule has 0 unspecified atom stereocenters. The number of rotatable bonds is 3. The summed E-state index contributed by atoms with van der Waals surface area (Å²) in [7, 11) is 1.30. The van der Waals surface area contributed by atoms with Gasteiger partial charge in [0.1, 0.15) is 11.3 Å². The van der Waals surface area contributed by atoms with Gasteiger partial charge < -0.3 is 4.74 Å². The third-order valence-electron chi connectivity index (χ3n) is 4.58. The number of ether oxygens (including phenoxy) is 1. The summed E-state index contributed by atoms with van der Waals surface area (Å²) in [5.74, 6) is -0.567. The van der Waals surface area contributed by atoms with Crippen molar-refractivity contribution in [2.24, 2.45) is 0 Å². The number of methoxy groups -OCH3 is 1. The fourth-order valence-electron chi connectivity index (χ4n) is 3.19. The van der Waals surface area contributed by atoms with Crippen molar-refractivity contribution in [3.05, 3.63) is 82.9 Å². The van der Waals surface area contributed by atoms with E-state index in [0.29, 0.717) is 22.1 Å². The van der Waals surface area contributed by atoms with Crippen molar-refractivity contribution in [3.8, 4) is 22.1 Å². The second kappa shape index (κ2) is 6.68. The Balaban J connectivity index is 1.78. The molecule has 3 aromatic rings. The first-order chi connectivity index (χ1) is 14.2. The van der Waals surface area contributed by atoms with Crippen LogP contribution in [0.3, 0.4) is 0 Å². The minimum atomic E-state index is -0.567. The highest BCUT2D eigenvalue weighted by atomic mass is 32.1. The van der Waals surface area contributed by atoms with Crippen LogP contribution < -0.4 is 5.56 Å². The monoisotopic (exact) mass is 402 g/mol. The summed E-state index contributed by atoms with van der Waals surface area (Å²) in [6.07, 6.45) is 3.27. The van der Waals surface area contributed by atoms with Gasteiger partial charge in [0, 0.05) is 12.4 Å². The number of aromatic nitrogens is 4. The SMILES string of the molecule is COC(=O)c1cn(-c2nc3ccccc3s2)cc2c(=O)n(-c3ccccc3)nc1-2. The summed E-state index contributed by atoms with van der Waals surface area (Å²) >= 11 is 1.47. The largest absolute Gasteiger partial charge is 0.465 e. The van der Waals surface area contributed by atoms with Crippen molar-refractivity contribution in [1.29, 1.82) is 0 Å². The van der Waals surface area contributed by atoms with Gasteiger partial charge in [-0.1, -0.05) is 41.7 Å². The van der Waals surface area contributed by atoms with E-state index in [4.69, 9.17) is 4.74 Å². The number of nitrogens with zero attached hydrogens (tertiary/aromatic N) is 4. The van der Waals surface area contributed by atoms with Gasteiger partial charge in [0.15, 0.2) is 5.13 Å². The second-order valence-electron chi connectivity index (χ2n) is 6.35. The summed E-state index contributed by atoms with van der Waals surface area (Å²) in [6.45, 7) is 0. The predicted molar refractivity (Wildman–Crippen MR) is 110 cm³/mol. The van der Waals surface area contributed by atoms with Crippen molar-refractivity contribution in [1.82, 2.24) is 19.3 Å². The van der Waals surface area contributed by atoms with Crippen LogP contribution in [0.5, 0.6) is 0 Å². The Morgan fingerprint density at radius 3 is 2.55 bits per heavy atom. The molecule has 0 N–H and O–H groups in total. The number of hydrogen-bond donors (Lipinski definition) is 0. The molecule has 142 valence electrons. The molecule has 2 aromatic carbocycles. The topological polar surface area (TPSA) is 79.0 Å². The molecule has 29 heavy (non-hydrogen) atoms. The van der Waals surface area contributed by atoms with Crippen LogP contribution in [0, 0.1) is 0 Å². The Kier molecular flexibility index (Phi) is 3.99. The number of esters is 1. The molecule has 0 saturated heterocycles. The summed E-state index contributed by atoms with van der Waals surface area (Å²) in [6, 6.07) is 16.8. The molecule has 3 heterocycles. The van der Waals surface area contributed by atoms with E-state index in [-0.39, 0.29) is 11.1 Å². The number of thiazole rings is 1. The van der Waals surface area contributed by atoms with E-state index in [1.807, 2.05) is 42.5 Å². The fraction of sp³-hybridized carbons (Fsp3) is 0.0476. The van der Waals surface area contributed by atoms with Gasteiger partial charge in [-0.25, -0.2) is 9.78 Å². The quantitative estimate of drug-likeness (QED) is 0.432. The van der Waals surface area contributed by atoms with Gasteiger partial charge in [-0.2, -0.15) is 9.78 Å².